The van der Waals surface area contributed by atoms with Crippen LogP contribution in [0.3, 0.4) is 0 Å². The van der Waals surface area contributed by atoms with E-state index < -0.39 is 5.41 Å². The van der Waals surface area contributed by atoms with E-state index in [2.05, 4.69) is 13.8 Å². The zero-order valence-corrected chi connectivity index (χ0v) is 10.8. The van der Waals surface area contributed by atoms with Gasteiger partial charge in [-0.15, -0.1) is 0 Å². The van der Waals surface area contributed by atoms with Gasteiger partial charge in [0.2, 0.25) is 0 Å². The molecule has 90 valence electrons. The lowest BCUT2D eigenvalue weighted by atomic mass is 9.68. The summed E-state index contributed by atoms with van der Waals surface area (Å²) in [6.45, 7) is 8.25. The molecular weight excluding hydrogens is 186 g/mol. The summed E-state index contributed by atoms with van der Waals surface area (Å²) in [6.07, 6.45) is 7.43. The number of carbonyl (C=O) groups is 1. The number of rotatable bonds is 8. The van der Waals surface area contributed by atoms with Gasteiger partial charge in [-0.25, -0.2) is 0 Å². The number of carbonyl (C=O) groups excluding carboxylic acids is 1. The SMILES string of the molecule is CCCCC(N)(CCCC)C(C)(C)C=O. The van der Waals surface area contributed by atoms with Gasteiger partial charge in [0.15, 0.2) is 0 Å². The molecule has 0 atom stereocenters. The smallest absolute Gasteiger partial charge is 0.127 e. The van der Waals surface area contributed by atoms with E-state index in [0.717, 1.165) is 44.8 Å². The topological polar surface area (TPSA) is 43.1 Å². The minimum absolute atomic E-state index is 0.319. The van der Waals surface area contributed by atoms with E-state index in [-0.39, 0.29) is 5.54 Å². The molecule has 0 aromatic carbocycles. The van der Waals surface area contributed by atoms with Crippen molar-refractivity contribution < 1.29 is 4.79 Å². The number of unbranched alkanes of at least 4 members (excludes halogenated alkanes) is 2. The molecule has 2 heteroatoms. The molecule has 0 aromatic rings. The van der Waals surface area contributed by atoms with Crippen molar-refractivity contribution in [2.24, 2.45) is 11.1 Å². The fourth-order valence-electron chi connectivity index (χ4n) is 1.87. The monoisotopic (exact) mass is 213 g/mol. The molecule has 0 fully saturated rings. The molecule has 2 N–H and O–H groups in total. The van der Waals surface area contributed by atoms with E-state index in [1.807, 2.05) is 13.8 Å². The molecule has 0 aliphatic heterocycles. The summed E-state index contributed by atoms with van der Waals surface area (Å²) in [4.78, 5) is 11.1. The first kappa shape index (κ1) is 14.6. The Kier molecular flexibility index (Phi) is 6.11. The Morgan fingerprint density at radius 1 is 1.07 bits per heavy atom. The Labute approximate surface area is 94.6 Å². The highest BCUT2D eigenvalue weighted by Crippen LogP contribution is 2.35. The Bertz CT molecular complexity index is 179. The van der Waals surface area contributed by atoms with Crippen molar-refractivity contribution >= 4 is 6.29 Å². The van der Waals surface area contributed by atoms with Crippen molar-refractivity contribution in [2.45, 2.75) is 71.8 Å². The van der Waals surface area contributed by atoms with Gasteiger partial charge in [-0.2, -0.15) is 0 Å². The van der Waals surface area contributed by atoms with Gasteiger partial charge in [-0.05, 0) is 12.8 Å². The lowest BCUT2D eigenvalue weighted by Gasteiger charge is -2.41. The van der Waals surface area contributed by atoms with E-state index in [1.165, 1.54) is 0 Å². The zero-order valence-electron chi connectivity index (χ0n) is 10.8. The van der Waals surface area contributed by atoms with Gasteiger partial charge >= 0.3 is 0 Å². The quantitative estimate of drug-likeness (QED) is 0.629. The summed E-state index contributed by atoms with van der Waals surface area (Å²) in [5.74, 6) is 0. The highest BCUT2D eigenvalue weighted by atomic mass is 16.1. The van der Waals surface area contributed by atoms with Crippen LogP contribution in [0.2, 0.25) is 0 Å². The third-order valence-electron chi connectivity index (χ3n) is 3.53. The van der Waals surface area contributed by atoms with E-state index >= 15 is 0 Å². The van der Waals surface area contributed by atoms with Crippen molar-refractivity contribution in [2.75, 3.05) is 0 Å². The predicted molar refractivity (Wildman–Crippen MR) is 65.8 cm³/mol. The number of hydrogen-bond donors (Lipinski definition) is 1. The summed E-state index contributed by atoms with van der Waals surface area (Å²) in [7, 11) is 0. The first-order chi connectivity index (χ1) is 6.93. The van der Waals surface area contributed by atoms with E-state index in [4.69, 9.17) is 5.73 Å². The second-order valence-electron chi connectivity index (χ2n) is 5.20. The molecule has 0 amide bonds. The van der Waals surface area contributed by atoms with Crippen molar-refractivity contribution in [1.29, 1.82) is 0 Å². The second kappa shape index (κ2) is 6.26. The summed E-state index contributed by atoms with van der Waals surface area (Å²) in [5.41, 5.74) is 5.70. The van der Waals surface area contributed by atoms with E-state index in [9.17, 15) is 4.79 Å². The maximum atomic E-state index is 11.1. The highest BCUT2D eigenvalue weighted by molar-refractivity contribution is 5.60. The zero-order chi connectivity index (χ0) is 11.9. The fourth-order valence-corrected chi connectivity index (χ4v) is 1.87. The molecule has 0 unspecified atom stereocenters. The third kappa shape index (κ3) is 3.94. The molecular formula is C13H27NO. The normalized spacial score (nSPS) is 12.9. The average molecular weight is 213 g/mol. The Morgan fingerprint density at radius 3 is 1.73 bits per heavy atom. The van der Waals surface area contributed by atoms with Crippen LogP contribution in [0.1, 0.15) is 66.2 Å². The minimum atomic E-state index is -0.405. The molecule has 15 heavy (non-hydrogen) atoms. The largest absolute Gasteiger partial charge is 0.324 e. The van der Waals surface area contributed by atoms with Crippen LogP contribution in [0, 0.1) is 5.41 Å². The molecule has 0 aromatic heterocycles. The molecule has 0 saturated heterocycles. The van der Waals surface area contributed by atoms with Crippen LogP contribution in [0.4, 0.5) is 0 Å². The van der Waals surface area contributed by atoms with Gasteiger partial charge in [-0.3, -0.25) is 0 Å². The summed E-state index contributed by atoms with van der Waals surface area (Å²) in [5, 5.41) is 0. The van der Waals surface area contributed by atoms with Gasteiger partial charge < -0.3 is 10.5 Å². The third-order valence-corrected chi connectivity index (χ3v) is 3.53. The fraction of sp³-hybridized carbons (Fsp3) is 0.923. The summed E-state index contributed by atoms with van der Waals surface area (Å²) in [6, 6.07) is 0. The molecule has 0 rings (SSSR count). The Balaban J connectivity index is 4.59. The number of aldehydes is 1. The van der Waals surface area contributed by atoms with Crippen molar-refractivity contribution in [3.05, 3.63) is 0 Å². The number of nitrogens with two attached hydrogens (primary N) is 1. The first-order valence-corrected chi connectivity index (χ1v) is 6.18. The lowest BCUT2D eigenvalue weighted by molar-refractivity contribution is -0.118. The van der Waals surface area contributed by atoms with Crippen LogP contribution in [0.5, 0.6) is 0 Å². The van der Waals surface area contributed by atoms with Crippen LogP contribution in [0.25, 0.3) is 0 Å². The van der Waals surface area contributed by atoms with Gasteiger partial charge in [0, 0.05) is 11.0 Å². The molecule has 0 heterocycles. The lowest BCUT2D eigenvalue weighted by Crippen LogP contribution is -2.53. The van der Waals surface area contributed by atoms with E-state index in [1.54, 1.807) is 0 Å². The molecule has 0 radical (unpaired) electrons. The Hall–Kier alpha value is -0.370. The standard InChI is InChI=1S/C13H27NO/c1-5-7-9-13(14,10-8-6-2)12(3,4)11-15/h11H,5-10,14H2,1-4H3. The molecule has 0 aliphatic carbocycles. The molecule has 0 saturated carbocycles. The van der Waals surface area contributed by atoms with Crippen molar-refractivity contribution in [1.82, 2.24) is 0 Å². The maximum Gasteiger partial charge on any atom is 0.127 e. The van der Waals surface area contributed by atoms with Crippen LogP contribution in [0.15, 0.2) is 0 Å². The second-order valence-corrected chi connectivity index (χ2v) is 5.20. The molecule has 0 spiro atoms. The van der Waals surface area contributed by atoms with Crippen molar-refractivity contribution in [3.63, 3.8) is 0 Å². The van der Waals surface area contributed by atoms with Gasteiger partial charge in [0.1, 0.15) is 6.29 Å². The average Bonchev–Trinajstić information content (AvgIpc) is 2.23. The summed E-state index contributed by atoms with van der Waals surface area (Å²) < 4.78 is 0. The molecule has 0 bridgehead atoms. The molecule has 0 aliphatic rings. The Morgan fingerprint density at radius 2 is 1.47 bits per heavy atom. The van der Waals surface area contributed by atoms with Crippen LogP contribution >= 0.6 is 0 Å². The number of hydrogen-bond acceptors (Lipinski definition) is 2. The van der Waals surface area contributed by atoms with Crippen LogP contribution in [-0.2, 0) is 4.79 Å². The van der Waals surface area contributed by atoms with Crippen molar-refractivity contribution in [3.8, 4) is 0 Å². The van der Waals surface area contributed by atoms with Gasteiger partial charge in [0.25, 0.3) is 0 Å². The van der Waals surface area contributed by atoms with E-state index in [0.29, 0.717) is 0 Å². The van der Waals surface area contributed by atoms with Crippen LogP contribution < -0.4 is 5.73 Å². The maximum absolute atomic E-state index is 11.1. The van der Waals surface area contributed by atoms with Crippen LogP contribution in [-0.4, -0.2) is 11.8 Å². The van der Waals surface area contributed by atoms with Gasteiger partial charge in [0.05, 0.1) is 0 Å². The highest BCUT2D eigenvalue weighted by Gasteiger charge is 2.40. The summed E-state index contributed by atoms with van der Waals surface area (Å²) >= 11 is 0. The van der Waals surface area contributed by atoms with Gasteiger partial charge in [-0.1, -0.05) is 53.4 Å². The molecule has 2 nitrogen and oxygen atoms in total. The minimum Gasteiger partial charge on any atom is -0.324 e. The predicted octanol–water partition coefficient (Wildman–Crippen LogP) is 3.29. The first-order valence-electron chi connectivity index (χ1n) is 6.18.